The molecule has 1 aliphatic rings. The van der Waals surface area contributed by atoms with E-state index in [1.807, 2.05) is 12.1 Å². The first-order chi connectivity index (χ1) is 12.0. The lowest BCUT2D eigenvalue weighted by Gasteiger charge is -2.28. The number of aryl methyl sites for hydroxylation is 1. The Bertz CT molecular complexity index is 562. The van der Waals surface area contributed by atoms with Crippen molar-refractivity contribution in [3.8, 4) is 5.75 Å². The van der Waals surface area contributed by atoms with Crippen LogP contribution in [0.25, 0.3) is 0 Å². The summed E-state index contributed by atoms with van der Waals surface area (Å²) in [5, 5.41) is 12.1. The molecule has 0 aliphatic heterocycles. The number of carboxylic acid groups (broad SMARTS) is 1. The highest BCUT2D eigenvalue weighted by atomic mass is 16.5. The van der Waals surface area contributed by atoms with Crippen LogP contribution in [0.1, 0.15) is 63.4 Å². The number of amides is 1. The van der Waals surface area contributed by atoms with Gasteiger partial charge < -0.3 is 15.2 Å². The molecule has 0 radical (unpaired) electrons. The van der Waals surface area contributed by atoms with Gasteiger partial charge >= 0.3 is 5.97 Å². The Morgan fingerprint density at radius 1 is 1.12 bits per heavy atom. The van der Waals surface area contributed by atoms with Crippen LogP contribution in [0.15, 0.2) is 24.3 Å². The number of carbonyl (C=O) groups is 2. The first-order valence-corrected chi connectivity index (χ1v) is 9.19. The highest BCUT2D eigenvalue weighted by molar-refractivity contribution is 5.78. The van der Waals surface area contributed by atoms with Gasteiger partial charge in [0, 0.05) is 6.42 Å². The zero-order chi connectivity index (χ0) is 18.1. The van der Waals surface area contributed by atoms with Crippen molar-refractivity contribution in [2.75, 3.05) is 7.11 Å². The molecule has 0 bridgehead atoms. The summed E-state index contributed by atoms with van der Waals surface area (Å²) in [6.07, 6.45) is 7.93. The first kappa shape index (κ1) is 19.3. The summed E-state index contributed by atoms with van der Waals surface area (Å²) in [4.78, 5) is 23.2. The van der Waals surface area contributed by atoms with Crippen LogP contribution in [0.5, 0.6) is 5.75 Å². The van der Waals surface area contributed by atoms with E-state index in [0.717, 1.165) is 57.1 Å². The SMILES string of the molecule is COc1ccc(CCCCCC(=O)NC2(CC(=O)O)CCCC2)cc1. The average molecular weight is 347 g/mol. The quantitative estimate of drug-likeness (QED) is 0.633. The third-order valence-electron chi connectivity index (χ3n) is 4.98. The fourth-order valence-electron chi connectivity index (χ4n) is 3.63. The van der Waals surface area contributed by atoms with Crippen LogP contribution in [0.3, 0.4) is 0 Å². The minimum atomic E-state index is -0.832. The van der Waals surface area contributed by atoms with Crippen molar-refractivity contribution in [2.24, 2.45) is 0 Å². The molecule has 2 rings (SSSR count). The third-order valence-corrected chi connectivity index (χ3v) is 4.98. The topological polar surface area (TPSA) is 75.6 Å². The van der Waals surface area contributed by atoms with E-state index in [-0.39, 0.29) is 12.3 Å². The van der Waals surface area contributed by atoms with Gasteiger partial charge in [-0.2, -0.15) is 0 Å². The molecule has 0 spiro atoms. The molecular weight excluding hydrogens is 318 g/mol. The molecule has 1 fully saturated rings. The molecular formula is C20H29NO4. The number of hydrogen-bond acceptors (Lipinski definition) is 3. The molecule has 1 saturated carbocycles. The van der Waals surface area contributed by atoms with Gasteiger partial charge in [-0.05, 0) is 49.8 Å². The van der Waals surface area contributed by atoms with Gasteiger partial charge in [0.2, 0.25) is 5.91 Å². The van der Waals surface area contributed by atoms with Crippen molar-refractivity contribution in [1.82, 2.24) is 5.32 Å². The maximum Gasteiger partial charge on any atom is 0.305 e. The number of hydrogen-bond donors (Lipinski definition) is 2. The number of benzene rings is 1. The Hall–Kier alpha value is -2.04. The zero-order valence-corrected chi connectivity index (χ0v) is 15.1. The predicted octanol–water partition coefficient (Wildman–Crippen LogP) is 3.70. The van der Waals surface area contributed by atoms with Gasteiger partial charge in [-0.25, -0.2) is 0 Å². The number of ether oxygens (including phenoxy) is 1. The van der Waals surface area contributed by atoms with Crippen LogP contribution < -0.4 is 10.1 Å². The minimum absolute atomic E-state index is 0.00685. The van der Waals surface area contributed by atoms with E-state index in [9.17, 15) is 9.59 Å². The van der Waals surface area contributed by atoms with Gasteiger partial charge in [0.05, 0.1) is 19.1 Å². The Morgan fingerprint density at radius 2 is 1.80 bits per heavy atom. The average Bonchev–Trinajstić information content (AvgIpc) is 3.02. The van der Waals surface area contributed by atoms with E-state index in [1.165, 1.54) is 5.56 Å². The van der Waals surface area contributed by atoms with E-state index >= 15 is 0 Å². The number of unbranched alkanes of at least 4 members (excludes halogenated alkanes) is 2. The maximum atomic E-state index is 12.2. The molecule has 1 aromatic carbocycles. The Labute approximate surface area is 149 Å². The van der Waals surface area contributed by atoms with Crippen LogP contribution in [0.2, 0.25) is 0 Å². The molecule has 5 nitrogen and oxygen atoms in total. The number of carbonyl (C=O) groups excluding carboxylic acids is 1. The summed E-state index contributed by atoms with van der Waals surface area (Å²) < 4.78 is 5.14. The second kappa shape index (κ2) is 9.44. The van der Waals surface area contributed by atoms with Gasteiger partial charge in [0.1, 0.15) is 5.75 Å². The van der Waals surface area contributed by atoms with Crippen LogP contribution >= 0.6 is 0 Å². The summed E-state index contributed by atoms with van der Waals surface area (Å²) >= 11 is 0. The lowest BCUT2D eigenvalue weighted by atomic mass is 9.93. The highest BCUT2D eigenvalue weighted by Crippen LogP contribution is 2.32. The lowest BCUT2D eigenvalue weighted by molar-refractivity contribution is -0.139. The molecule has 0 saturated heterocycles. The van der Waals surface area contributed by atoms with Crippen molar-refractivity contribution in [3.63, 3.8) is 0 Å². The van der Waals surface area contributed by atoms with Crippen molar-refractivity contribution in [2.45, 2.75) is 69.7 Å². The van der Waals surface area contributed by atoms with Crippen LogP contribution in [-0.2, 0) is 16.0 Å². The summed E-state index contributed by atoms with van der Waals surface area (Å²) in [5.74, 6) is 0.0249. The zero-order valence-electron chi connectivity index (χ0n) is 15.1. The van der Waals surface area contributed by atoms with Gasteiger partial charge in [-0.1, -0.05) is 31.4 Å². The van der Waals surface area contributed by atoms with Crippen LogP contribution in [0.4, 0.5) is 0 Å². The Morgan fingerprint density at radius 3 is 2.40 bits per heavy atom. The number of methoxy groups -OCH3 is 1. The number of carboxylic acids is 1. The predicted molar refractivity (Wildman–Crippen MR) is 96.8 cm³/mol. The lowest BCUT2D eigenvalue weighted by Crippen LogP contribution is -2.47. The van der Waals surface area contributed by atoms with Gasteiger partial charge in [0.25, 0.3) is 0 Å². The van der Waals surface area contributed by atoms with Gasteiger partial charge in [-0.3, -0.25) is 9.59 Å². The number of nitrogens with one attached hydrogen (secondary N) is 1. The highest BCUT2D eigenvalue weighted by Gasteiger charge is 2.37. The van der Waals surface area contributed by atoms with Gasteiger partial charge in [0.15, 0.2) is 0 Å². The van der Waals surface area contributed by atoms with Crippen molar-refractivity contribution >= 4 is 11.9 Å². The third kappa shape index (κ3) is 6.40. The van der Waals surface area contributed by atoms with Crippen molar-refractivity contribution in [3.05, 3.63) is 29.8 Å². The molecule has 1 amide bonds. The summed E-state index contributed by atoms with van der Waals surface area (Å²) in [6, 6.07) is 8.07. The van der Waals surface area contributed by atoms with E-state index in [2.05, 4.69) is 17.4 Å². The largest absolute Gasteiger partial charge is 0.497 e. The van der Waals surface area contributed by atoms with E-state index in [4.69, 9.17) is 9.84 Å². The normalized spacial score (nSPS) is 15.7. The fraction of sp³-hybridized carbons (Fsp3) is 0.600. The molecule has 25 heavy (non-hydrogen) atoms. The summed E-state index contributed by atoms with van der Waals surface area (Å²) in [6.45, 7) is 0. The molecule has 0 atom stereocenters. The Balaban J connectivity index is 1.65. The first-order valence-electron chi connectivity index (χ1n) is 9.19. The van der Waals surface area contributed by atoms with Crippen molar-refractivity contribution < 1.29 is 19.4 Å². The van der Waals surface area contributed by atoms with E-state index < -0.39 is 11.5 Å². The molecule has 1 aromatic rings. The summed E-state index contributed by atoms with van der Waals surface area (Å²) in [5.41, 5.74) is 0.767. The fourth-order valence-corrected chi connectivity index (χ4v) is 3.63. The molecule has 0 aromatic heterocycles. The monoisotopic (exact) mass is 347 g/mol. The Kier molecular flexibility index (Phi) is 7.29. The number of rotatable bonds is 10. The van der Waals surface area contributed by atoms with E-state index in [0.29, 0.717) is 6.42 Å². The second-order valence-corrected chi connectivity index (χ2v) is 7.01. The molecule has 1 aliphatic carbocycles. The molecule has 5 heteroatoms. The molecule has 2 N–H and O–H groups in total. The number of aliphatic carboxylic acids is 1. The standard InChI is InChI=1S/C20H29NO4/c1-25-17-11-9-16(10-12-17)7-3-2-4-8-18(22)21-20(15-19(23)24)13-5-6-14-20/h9-12H,2-8,13-15H2,1H3,(H,21,22)(H,23,24). The molecule has 138 valence electrons. The van der Waals surface area contributed by atoms with Gasteiger partial charge in [-0.15, -0.1) is 0 Å². The maximum absolute atomic E-state index is 12.2. The van der Waals surface area contributed by atoms with Crippen LogP contribution in [0, 0.1) is 0 Å². The minimum Gasteiger partial charge on any atom is -0.497 e. The molecule has 0 heterocycles. The smallest absolute Gasteiger partial charge is 0.305 e. The van der Waals surface area contributed by atoms with Crippen LogP contribution in [-0.4, -0.2) is 29.6 Å². The van der Waals surface area contributed by atoms with Crippen molar-refractivity contribution in [1.29, 1.82) is 0 Å². The van der Waals surface area contributed by atoms with E-state index in [1.54, 1.807) is 7.11 Å². The second-order valence-electron chi connectivity index (χ2n) is 7.01. The molecule has 0 unspecified atom stereocenters. The summed E-state index contributed by atoms with van der Waals surface area (Å²) in [7, 11) is 1.66.